The fraction of sp³-hybridized carbons (Fsp3) is 0.350. The summed E-state index contributed by atoms with van der Waals surface area (Å²) in [6.45, 7) is 1.53. The van der Waals surface area contributed by atoms with Gasteiger partial charge in [0.1, 0.15) is 0 Å². The highest BCUT2D eigenvalue weighted by atomic mass is 16.5. The van der Waals surface area contributed by atoms with Gasteiger partial charge in [0.05, 0.1) is 17.5 Å². The minimum atomic E-state index is -0.924. The largest absolute Gasteiger partial charge is 0.459 e. The molecule has 1 atom stereocenters. The van der Waals surface area contributed by atoms with Gasteiger partial charge >= 0.3 is 5.97 Å². The molecule has 2 amide bonds. The van der Waals surface area contributed by atoms with Crippen molar-refractivity contribution in [1.29, 1.82) is 0 Å². The van der Waals surface area contributed by atoms with Crippen LogP contribution in [0, 0.1) is 0 Å². The molecule has 0 aliphatic heterocycles. The summed E-state index contributed by atoms with van der Waals surface area (Å²) in [5.41, 5.74) is 0.449. The van der Waals surface area contributed by atoms with Crippen molar-refractivity contribution >= 4 is 23.5 Å². The fourth-order valence-corrected chi connectivity index (χ4v) is 3.03. The molecule has 1 aromatic carbocycles. The second kappa shape index (κ2) is 8.53. The van der Waals surface area contributed by atoms with Crippen LogP contribution in [-0.4, -0.2) is 29.9 Å². The zero-order valence-electron chi connectivity index (χ0n) is 15.1. The lowest BCUT2D eigenvalue weighted by molar-refractivity contribution is -0.129. The van der Waals surface area contributed by atoms with Crippen molar-refractivity contribution in [3.05, 3.63) is 54.0 Å². The Bertz CT molecular complexity index is 810. The number of carbonyl (C=O) groups is 3. The molecule has 1 aromatic heterocycles. The van der Waals surface area contributed by atoms with Crippen LogP contribution >= 0.6 is 0 Å². The van der Waals surface area contributed by atoms with E-state index >= 15 is 0 Å². The lowest BCUT2D eigenvalue weighted by Crippen LogP contribution is -2.40. The zero-order valence-corrected chi connectivity index (χ0v) is 15.1. The molecule has 3 rings (SSSR count). The quantitative estimate of drug-likeness (QED) is 0.762. The van der Waals surface area contributed by atoms with E-state index < -0.39 is 18.0 Å². The Labute approximate surface area is 157 Å². The van der Waals surface area contributed by atoms with Crippen molar-refractivity contribution in [1.82, 2.24) is 5.32 Å². The first kappa shape index (κ1) is 18.7. The summed E-state index contributed by atoms with van der Waals surface area (Å²) in [5, 5.41) is 5.52. The summed E-state index contributed by atoms with van der Waals surface area (Å²) in [5.74, 6) is -1.35. The molecule has 0 radical (unpaired) electrons. The summed E-state index contributed by atoms with van der Waals surface area (Å²) in [4.78, 5) is 36.9. The molecule has 1 saturated carbocycles. The molecule has 1 aliphatic carbocycles. The summed E-state index contributed by atoms with van der Waals surface area (Å²) in [6, 6.07) is 9.72. The van der Waals surface area contributed by atoms with Gasteiger partial charge in [-0.25, -0.2) is 4.79 Å². The van der Waals surface area contributed by atoms with E-state index in [4.69, 9.17) is 9.15 Å². The van der Waals surface area contributed by atoms with Crippen LogP contribution in [0.1, 0.15) is 53.5 Å². The number of ether oxygens (including phenoxy) is 1. The summed E-state index contributed by atoms with van der Waals surface area (Å²) >= 11 is 0. The molecule has 2 N–H and O–H groups in total. The maximum absolute atomic E-state index is 12.5. The highest BCUT2D eigenvalue weighted by molar-refractivity contribution is 6.06. The second-order valence-electron chi connectivity index (χ2n) is 6.51. The molecule has 142 valence electrons. The Hall–Kier alpha value is -3.09. The first-order valence-corrected chi connectivity index (χ1v) is 9.00. The summed E-state index contributed by atoms with van der Waals surface area (Å²) in [6.07, 6.45) is 4.57. The molecule has 7 nitrogen and oxygen atoms in total. The molecule has 1 aliphatic rings. The molecule has 0 unspecified atom stereocenters. The number of hydrogen-bond donors (Lipinski definition) is 2. The van der Waals surface area contributed by atoms with Crippen molar-refractivity contribution in [3.63, 3.8) is 0 Å². The van der Waals surface area contributed by atoms with Gasteiger partial charge in [-0.1, -0.05) is 25.0 Å². The van der Waals surface area contributed by atoms with Crippen molar-refractivity contribution in [2.24, 2.45) is 0 Å². The molecule has 0 saturated heterocycles. The SMILES string of the molecule is C[C@@H](OC(=O)c1ccccc1NC(=O)c1ccco1)C(=O)NC1CCCC1. The third-order valence-electron chi connectivity index (χ3n) is 4.49. The van der Waals surface area contributed by atoms with Gasteiger partial charge in [-0.3, -0.25) is 9.59 Å². The number of hydrogen-bond acceptors (Lipinski definition) is 5. The summed E-state index contributed by atoms with van der Waals surface area (Å²) < 4.78 is 10.3. The number of carbonyl (C=O) groups excluding carboxylic acids is 3. The molecule has 1 heterocycles. The van der Waals surface area contributed by atoms with Crippen LogP contribution in [0.15, 0.2) is 47.1 Å². The predicted molar refractivity (Wildman–Crippen MR) is 98.4 cm³/mol. The van der Waals surface area contributed by atoms with Crippen LogP contribution in [0.2, 0.25) is 0 Å². The van der Waals surface area contributed by atoms with Gasteiger partial charge in [0.25, 0.3) is 11.8 Å². The van der Waals surface area contributed by atoms with E-state index in [0.29, 0.717) is 0 Å². The Morgan fingerprint density at radius 2 is 1.85 bits per heavy atom. The standard InChI is InChI=1S/C20H22N2O5/c1-13(18(23)21-14-7-2-3-8-14)27-20(25)15-9-4-5-10-16(15)22-19(24)17-11-6-12-26-17/h4-6,9-14H,2-3,7-8H2,1H3,(H,21,23)(H,22,24)/t13-/m1/s1. The number of benzene rings is 1. The predicted octanol–water partition coefficient (Wildman–Crippen LogP) is 3.14. The van der Waals surface area contributed by atoms with E-state index in [-0.39, 0.29) is 29.0 Å². The minimum absolute atomic E-state index is 0.127. The lowest BCUT2D eigenvalue weighted by atomic mass is 10.1. The van der Waals surface area contributed by atoms with Crippen molar-refractivity contribution < 1.29 is 23.5 Å². The maximum atomic E-state index is 12.5. The number of nitrogens with one attached hydrogen (secondary N) is 2. The Morgan fingerprint density at radius 1 is 1.11 bits per heavy atom. The number of amides is 2. The van der Waals surface area contributed by atoms with Gasteiger partial charge in [0.15, 0.2) is 11.9 Å². The van der Waals surface area contributed by atoms with E-state index in [1.54, 1.807) is 24.3 Å². The van der Waals surface area contributed by atoms with Gasteiger partial charge in [-0.2, -0.15) is 0 Å². The Morgan fingerprint density at radius 3 is 2.56 bits per heavy atom. The van der Waals surface area contributed by atoms with Gasteiger partial charge in [0, 0.05) is 6.04 Å². The van der Waals surface area contributed by atoms with Gasteiger partial charge < -0.3 is 19.8 Å². The maximum Gasteiger partial charge on any atom is 0.341 e. The number of furan rings is 1. The lowest BCUT2D eigenvalue weighted by Gasteiger charge is -2.18. The summed E-state index contributed by atoms with van der Waals surface area (Å²) in [7, 11) is 0. The molecule has 7 heteroatoms. The molecule has 2 aromatic rings. The minimum Gasteiger partial charge on any atom is -0.459 e. The third-order valence-corrected chi connectivity index (χ3v) is 4.49. The van der Waals surface area contributed by atoms with Crippen LogP contribution < -0.4 is 10.6 Å². The Balaban J connectivity index is 1.64. The van der Waals surface area contributed by atoms with E-state index in [0.717, 1.165) is 25.7 Å². The average Bonchev–Trinajstić information content (AvgIpc) is 3.36. The van der Waals surface area contributed by atoms with Gasteiger partial charge in [-0.05, 0) is 44.0 Å². The highest BCUT2D eigenvalue weighted by Crippen LogP contribution is 2.20. The number of para-hydroxylation sites is 1. The van der Waals surface area contributed by atoms with E-state index in [1.807, 2.05) is 0 Å². The van der Waals surface area contributed by atoms with Crippen molar-refractivity contribution in [2.75, 3.05) is 5.32 Å². The first-order valence-electron chi connectivity index (χ1n) is 9.00. The molecule has 1 fully saturated rings. The monoisotopic (exact) mass is 370 g/mol. The Kier molecular flexibility index (Phi) is 5.90. The van der Waals surface area contributed by atoms with Crippen LogP contribution in [0.25, 0.3) is 0 Å². The molecular weight excluding hydrogens is 348 g/mol. The number of rotatable bonds is 6. The fourth-order valence-electron chi connectivity index (χ4n) is 3.03. The van der Waals surface area contributed by atoms with Gasteiger partial charge in [-0.15, -0.1) is 0 Å². The van der Waals surface area contributed by atoms with Crippen LogP contribution in [0.4, 0.5) is 5.69 Å². The number of esters is 1. The highest BCUT2D eigenvalue weighted by Gasteiger charge is 2.24. The topological polar surface area (TPSA) is 97.6 Å². The van der Waals surface area contributed by atoms with E-state index in [2.05, 4.69) is 10.6 Å². The van der Waals surface area contributed by atoms with Crippen LogP contribution in [0.5, 0.6) is 0 Å². The van der Waals surface area contributed by atoms with Gasteiger partial charge in [0.2, 0.25) is 0 Å². The van der Waals surface area contributed by atoms with Crippen LogP contribution in [0.3, 0.4) is 0 Å². The van der Waals surface area contributed by atoms with Crippen molar-refractivity contribution in [3.8, 4) is 0 Å². The molecule has 0 spiro atoms. The molecular formula is C20H22N2O5. The molecule has 0 bridgehead atoms. The van der Waals surface area contributed by atoms with Crippen molar-refractivity contribution in [2.45, 2.75) is 44.8 Å². The first-order chi connectivity index (χ1) is 13.0. The number of anilines is 1. The second-order valence-corrected chi connectivity index (χ2v) is 6.51. The zero-order chi connectivity index (χ0) is 19.2. The smallest absolute Gasteiger partial charge is 0.341 e. The third kappa shape index (κ3) is 4.75. The normalized spacial score (nSPS) is 15.1. The van der Waals surface area contributed by atoms with E-state index in [1.165, 1.54) is 25.3 Å². The molecule has 27 heavy (non-hydrogen) atoms. The average molecular weight is 370 g/mol. The van der Waals surface area contributed by atoms with E-state index in [9.17, 15) is 14.4 Å². The van der Waals surface area contributed by atoms with Crippen LogP contribution in [-0.2, 0) is 9.53 Å².